The number of rotatable bonds is 3. The summed E-state index contributed by atoms with van der Waals surface area (Å²) in [7, 11) is 0. The molecule has 1 aliphatic rings. The maximum Gasteiger partial charge on any atom is 0.243 e. The molecule has 0 aromatic carbocycles. The lowest BCUT2D eigenvalue weighted by Gasteiger charge is -1.95. The first-order valence-corrected chi connectivity index (χ1v) is 3.16. The van der Waals surface area contributed by atoms with E-state index in [4.69, 9.17) is 0 Å². The van der Waals surface area contributed by atoms with Gasteiger partial charge in [-0.25, -0.2) is 0 Å². The normalized spacial score (nSPS) is 28.8. The molecular formula is C7H9NO2. The predicted octanol–water partition coefficient (Wildman–Crippen LogP) is -0.124. The van der Waals surface area contributed by atoms with E-state index >= 15 is 0 Å². The van der Waals surface area contributed by atoms with Gasteiger partial charge in [0.15, 0.2) is 0 Å². The molecule has 0 aromatic heterocycles. The third kappa shape index (κ3) is 1.43. The van der Waals surface area contributed by atoms with Crippen molar-refractivity contribution in [2.75, 3.05) is 0 Å². The van der Waals surface area contributed by atoms with Gasteiger partial charge in [0.2, 0.25) is 5.91 Å². The molecule has 3 nitrogen and oxygen atoms in total. The molecule has 1 N–H and O–H groups in total. The first-order valence-electron chi connectivity index (χ1n) is 3.16. The Bertz CT molecular complexity index is 176. The van der Waals surface area contributed by atoms with Gasteiger partial charge in [0.05, 0.1) is 0 Å². The van der Waals surface area contributed by atoms with Crippen LogP contribution >= 0.6 is 0 Å². The maximum absolute atomic E-state index is 10.6. The van der Waals surface area contributed by atoms with E-state index in [9.17, 15) is 9.59 Å². The van der Waals surface area contributed by atoms with Crippen molar-refractivity contribution in [2.45, 2.75) is 12.5 Å². The van der Waals surface area contributed by atoms with Crippen LogP contribution in [0.15, 0.2) is 12.7 Å². The maximum atomic E-state index is 10.6. The van der Waals surface area contributed by atoms with E-state index in [1.165, 1.54) is 6.08 Å². The van der Waals surface area contributed by atoms with Crippen LogP contribution < -0.4 is 5.32 Å². The Labute approximate surface area is 59.1 Å². The topological polar surface area (TPSA) is 46.2 Å². The van der Waals surface area contributed by atoms with Crippen molar-refractivity contribution < 1.29 is 9.59 Å². The van der Waals surface area contributed by atoms with Gasteiger partial charge in [-0.3, -0.25) is 4.79 Å². The minimum Gasteiger partial charge on any atom is -0.349 e. The highest BCUT2D eigenvalue weighted by Gasteiger charge is 2.37. The molecule has 1 fully saturated rings. The van der Waals surface area contributed by atoms with E-state index in [0.717, 1.165) is 12.7 Å². The predicted molar refractivity (Wildman–Crippen MR) is 36.3 cm³/mol. The summed E-state index contributed by atoms with van der Waals surface area (Å²) in [5.74, 6) is -0.154. The monoisotopic (exact) mass is 139 g/mol. The van der Waals surface area contributed by atoms with Gasteiger partial charge in [-0.05, 0) is 12.5 Å². The van der Waals surface area contributed by atoms with E-state index in [2.05, 4.69) is 11.9 Å². The minimum absolute atomic E-state index is 0.0453. The zero-order valence-electron chi connectivity index (χ0n) is 5.54. The first kappa shape index (κ1) is 6.99. The van der Waals surface area contributed by atoms with Crippen LogP contribution in [0.4, 0.5) is 0 Å². The molecule has 0 spiro atoms. The van der Waals surface area contributed by atoms with E-state index in [1.54, 1.807) is 0 Å². The summed E-state index contributed by atoms with van der Waals surface area (Å²) in [5, 5.41) is 2.62. The van der Waals surface area contributed by atoms with Gasteiger partial charge < -0.3 is 10.1 Å². The number of hydrogen-bond donors (Lipinski definition) is 1. The second-order valence-corrected chi connectivity index (χ2v) is 2.35. The van der Waals surface area contributed by atoms with Gasteiger partial charge in [0.25, 0.3) is 0 Å². The van der Waals surface area contributed by atoms with E-state index in [-0.39, 0.29) is 17.9 Å². The van der Waals surface area contributed by atoms with Crippen molar-refractivity contribution in [2.24, 2.45) is 5.92 Å². The SMILES string of the molecule is C=CC(=O)NC1CC1C=O. The first-order chi connectivity index (χ1) is 4.77. The standard InChI is InChI=1S/C7H9NO2/c1-2-7(10)8-6-3-5(6)4-9/h2,4-6H,1,3H2,(H,8,10). The molecule has 0 saturated heterocycles. The summed E-state index contributed by atoms with van der Waals surface area (Å²) in [5.41, 5.74) is 0. The largest absolute Gasteiger partial charge is 0.349 e. The lowest BCUT2D eigenvalue weighted by Crippen LogP contribution is -2.24. The number of carbonyl (C=O) groups excluding carboxylic acids is 2. The second kappa shape index (κ2) is 2.64. The number of carbonyl (C=O) groups is 2. The van der Waals surface area contributed by atoms with Crippen molar-refractivity contribution in [3.8, 4) is 0 Å². The van der Waals surface area contributed by atoms with E-state index in [1.807, 2.05) is 0 Å². The Morgan fingerprint density at radius 3 is 2.80 bits per heavy atom. The summed E-state index contributed by atoms with van der Waals surface area (Å²) in [6.07, 6.45) is 2.86. The zero-order valence-corrected chi connectivity index (χ0v) is 5.54. The number of aldehydes is 1. The van der Waals surface area contributed by atoms with Crippen LogP contribution in [0.2, 0.25) is 0 Å². The van der Waals surface area contributed by atoms with Crippen LogP contribution in [0.5, 0.6) is 0 Å². The number of hydrogen-bond acceptors (Lipinski definition) is 2. The average Bonchev–Trinajstić information content (AvgIpc) is 2.67. The van der Waals surface area contributed by atoms with Crippen molar-refractivity contribution >= 4 is 12.2 Å². The fraction of sp³-hybridized carbons (Fsp3) is 0.429. The van der Waals surface area contributed by atoms with Gasteiger partial charge in [-0.1, -0.05) is 6.58 Å². The molecule has 0 bridgehead atoms. The quantitative estimate of drug-likeness (QED) is 0.437. The third-order valence-corrected chi connectivity index (χ3v) is 1.53. The van der Waals surface area contributed by atoms with Crippen LogP contribution in [-0.2, 0) is 9.59 Å². The molecule has 1 rings (SSSR count). The van der Waals surface area contributed by atoms with Crippen LogP contribution in [0.1, 0.15) is 6.42 Å². The molecule has 2 atom stereocenters. The molecule has 2 unspecified atom stereocenters. The van der Waals surface area contributed by atoms with Crippen molar-refractivity contribution in [3.63, 3.8) is 0 Å². The van der Waals surface area contributed by atoms with Crippen molar-refractivity contribution in [1.29, 1.82) is 0 Å². The highest BCUT2D eigenvalue weighted by atomic mass is 16.1. The van der Waals surface area contributed by atoms with Crippen molar-refractivity contribution in [3.05, 3.63) is 12.7 Å². The Hall–Kier alpha value is -1.12. The van der Waals surface area contributed by atoms with Crippen molar-refractivity contribution in [1.82, 2.24) is 5.32 Å². The van der Waals surface area contributed by atoms with Crippen LogP contribution in [0.25, 0.3) is 0 Å². The van der Waals surface area contributed by atoms with E-state index < -0.39 is 0 Å². The molecular weight excluding hydrogens is 130 g/mol. The summed E-state index contributed by atoms with van der Waals surface area (Å²) in [6, 6.07) is 0.0722. The summed E-state index contributed by atoms with van der Waals surface area (Å²) in [4.78, 5) is 20.6. The van der Waals surface area contributed by atoms with Gasteiger partial charge in [-0.2, -0.15) is 0 Å². The molecule has 10 heavy (non-hydrogen) atoms. The Morgan fingerprint density at radius 2 is 2.40 bits per heavy atom. The fourth-order valence-corrected chi connectivity index (χ4v) is 0.773. The Kier molecular flexibility index (Phi) is 1.85. The van der Waals surface area contributed by atoms with Crippen LogP contribution in [0, 0.1) is 5.92 Å². The lowest BCUT2D eigenvalue weighted by atomic mass is 10.4. The molecule has 0 aliphatic heterocycles. The number of nitrogens with one attached hydrogen (secondary N) is 1. The average molecular weight is 139 g/mol. The zero-order chi connectivity index (χ0) is 7.56. The highest BCUT2D eigenvalue weighted by Crippen LogP contribution is 2.27. The Morgan fingerprint density at radius 1 is 1.70 bits per heavy atom. The van der Waals surface area contributed by atoms with Crippen LogP contribution in [-0.4, -0.2) is 18.2 Å². The molecule has 3 heteroatoms. The summed E-state index contributed by atoms with van der Waals surface area (Å²) >= 11 is 0. The van der Waals surface area contributed by atoms with Gasteiger partial charge in [0.1, 0.15) is 6.29 Å². The van der Waals surface area contributed by atoms with E-state index in [0.29, 0.717) is 0 Å². The Balaban J connectivity index is 2.23. The smallest absolute Gasteiger partial charge is 0.243 e. The summed E-state index contributed by atoms with van der Waals surface area (Å²) < 4.78 is 0. The highest BCUT2D eigenvalue weighted by molar-refractivity contribution is 5.87. The molecule has 1 saturated carbocycles. The molecule has 0 heterocycles. The lowest BCUT2D eigenvalue weighted by molar-refractivity contribution is -0.116. The molecule has 54 valence electrons. The minimum atomic E-state index is -0.200. The van der Waals surface area contributed by atoms with Gasteiger partial charge in [-0.15, -0.1) is 0 Å². The molecule has 0 radical (unpaired) electrons. The molecule has 1 aliphatic carbocycles. The fourth-order valence-electron chi connectivity index (χ4n) is 0.773. The number of amides is 1. The molecule has 1 amide bonds. The van der Waals surface area contributed by atoms with Gasteiger partial charge in [0, 0.05) is 12.0 Å². The second-order valence-electron chi connectivity index (χ2n) is 2.35. The van der Waals surface area contributed by atoms with Gasteiger partial charge >= 0.3 is 0 Å². The molecule has 0 aromatic rings. The van der Waals surface area contributed by atoms with Crippen LogP contribution in [0.3, 0.4) is 0 Å². The third-order valence-electron chi connectivity index (χ3n) is 1.53. The summed E-state index contributed by atoms with van der Waals surface area (Å²) in [6.45, 7) is 3.29.